The van der Waals surface area contributed by atoms with E-state index in [1.807, 2.05) is 6.92 Å². The molecule has 2 nitrogen and oxygen atoms in total. The van der Waals surface area contributed by atoms with Gasteiger partial charge in [0, 0.05) is 30.2 Å². The summed E-state index contributed by atoms with van der Waals surface area (Å²) in [6, 6.07) is 6.02. The van der Waals surface area contributed by atoms with Gasteiger partial charge in [0.1, 0.15) is 58.0 Å². The predicted octanol–water partition coefficient (Wildman–Crippen LogP) is 11.5. The molecule has 1 unspecified atom stereocenters. The lowest BCUT2D eigenvalue weighted by Gasteiger charge is -2.16. The average molecular weight is 739 g/mol. The quantitative estimate of drug-likeness (QED) is 0.0773. The van der Waals surface area contributed by atoms with Crippen molar-refractivity contribution in [2.75, 3.05) is 13.2 Å². The van der Waals surface area contributed by atoms with Crippen molar-refractivity contribution in [3.8, 4) is 57.4 Å². The van der Waals surface area contributed by atoms with E-state index in [0.717, 1.165) is 48.7 Å². The fourth-order valence-corrected chi connectivity index (χ4v) is 5.43. The minimum atomic E-state index is -5.00. The van der Waals surface area contributed by atoms with Gasteiger partial charge in [-0.15, -0.1) is 5.92 Å². The summed E-state index contributed by atoms with van der Waals surface area (Å²) < 4.78 is 164. The van der Waals surface area contributed by atoms with Crippen LogP contribution in [0.2, 0.25) is 0 Å². The van der Waals surface area contributed by atoms with Gasteiger partial charge in [-0.2, -0.15) is 13.2 Å². The van der Waals surface area contributed by atoms with Crippen LogP contribution >= 0.6 is 0 Å². The van der Waals surface area contributed by atoms with Crippen LogP contribution < -0.4 is 9.47 Å². The number of ether oxygens (including phenoxy) is 2. The van der Waals surface area contributed by atoms with Gasteiger partial charge < -0.3 is 9.47 Å². The van der Waals surface area contributed by atoms with E-state index in [0.29, 0.717) is 37.8 Å². The molecule has 0 aromatic heterocycles. The van der Waals surface area contributed by atoms with Crippen LogP contribution in [-0.4, -0.2) is 19.4 Å². The number of hydrogen-bond donors (Lipinski definition) is 0. The lowest BCUT2D eigenvalue weighted by molar-refractivity contribution is -0.0696. The third kappa shape index (κ3) is 10.2. The standard InChI is InChI=1S/C39H29F11O2/c1-3-7-27-29(40)14-23(15-30(27)41)37-33(44)18-25(19-34(37)45)51-12-5-8-22(4-2)9-6-13-52-26-20-35(46)38(36(47)21-26)24-16-31(42)28(32(43)17-24)10-11-39(48,49)50/h14-22H,4-6,8-9,12-13H2,1-2H3. The molecular formula is C39H29F11O2. The first-order valence-corrected chi connectivity index (χ1v) is 15.9. The van der Waals surface area contributed by atoms with E-state index in [1.54, 1.807) is 0 Å². The first-order chi connectivity index (χ1) is 24.6. The van der Waals surface area contributed by atoms with Crippen molar-refractivity contribution >= 4 is 0 Å². The highest BCUT2D eigenvalue weighted by Gasteiger charge is 2.24. The van der Waals surface area contributed by atoms with Crippen LogP contribution in [0.1, 0.15) is 57.1 Å². The first-order valence-electron chi connectivity index (χ1n) is 15.9. The summed E-state index contributed by atoms with van der Waals surface area (Å²) >= 11 is 0. The second kappa shape index (κ2) is 17.4. The zero-order valence-corrected chi connectivity index (χ0v) is 27.6. The molecule has 0 radical (unpaired) electrons. The van der Waals surface area contributed by atoms with E-state index < -0.39 is 80.5 Å². The monoisotopic (exact) mass is 738 g/mol. The van der Waals surface area contributed by atoms with E-state index in [-0.39, 0.29) is 36.2 Å². The highest BCUT2D eigenvalue weighted by atomic mass is 19.4. The van der Waals surface area contributed by atoms with Crippen LogP contribution in [0.15, 0.2) is 48.5 Å². The van der Waals surface area contributed by atoms with Crippen LogP contribution in [0.4, 0.5) is 48.3 Å². The van der Waals surface area contributed by atoms with Gasteiger partial charge in [-0.25, -0.2) is 35.1 Å². The summed E-state index contributed by atoms with van der Waals surface area (Å²) in [7, 11) is 0. The van der Waals surface area contributed by atoms with Crippen LogP contribution in [0.3, 0.4) is 0 Å². The second-order valence-corrected chi connectivity index (χ2v) is 11.5. The Bertz CT molecular complexity index is 1960. The Morgan fingerprint density at radius 1 is 0.558 bits per heavy atom. The molecular weight excluding hydrogens is 709 g/mol. The van der Waals surface area contributed by atoms with Crippen LogP contribution in [0, 0.1) is 76.1 Å². The van der Waals surface area contributed by atoms with E-state index >= 15 is 0 Å². The maximum absolute atomic E-state index is 14.8. The van der Waals surface area contributed by atoms with Gasteiger partial charge in [0.2, 0.25) is 0 Å². The molecule has 0 N–H and O–H groups in total. The van der Waals surface area contributed by atoms with E-state index in [4.69, 9.17) is 9.47 Å². The lowest BCUT2D eigenvalue weighted by Crippen LogP contribution is -2.07. The molecule has 0 aliphatic rings. The summed E-state index contributed by atoms with van der Waals surface area (Å²) in [6.45, 7) is 3.52. The Balaban J connectivity index is 1.27. The Labute approximate surface area is 292 Å². The van der Waals surface area contributed by atoms with Crippen molar-refractivity contribution in [2.45, 2.75) is 52.1 Å². The maximum Gasteiger partial charge on any atom is 0.458 e. The van der Waals surface area contributed by atoms with Crippen molar-refractivity contribution in [1.29, 1.82) is 0 Å². The molecule has 52 heavy (non-hydrogen) atoms. The molecule has 0 saturated carbocycles. The van der Waals surface area contributed by atoms with Gasteiger partial charge in [0.05, 0.1) is 35.5 Å². The predicted molar refractivity (Wildman–Crippen MR) is 172 cm³/mol. The van der Waals surface area contributed by atoms with Gasteiger partial charge in [-0.05, 0) is 73.9 Å². The van der Waals surface area contributed by atoms with Gasteiger partial charge in [0.25, 0.3) is 0 Å². The number of halogens is 11. The molecule has 1 atom stereocenters. The molecule has 0 heterocycles. The minimum Gasteiger partial charge on any atom is -0.493 e. The maximum atomic E-state index is 14.8. The average Bonchev–Trinajstić information content (AvgIpc) is 3.04. The largest absolute Gasteiger partial charge is 0.493 e. The van der Waals surface area contributed by atoms with Crippen LogP contribution in [0.25, 0.3) is 22.3 Å². The summed E-state index contributed by atoms with van der Waals surface area (Å²) in [4.78, 5) is 0. The fraction of sp³-hybridized carbons (Fsp3) is 0.282. The number of hydrogen-bond acceptors (Lipinski definition) is 2. The third-order valence-electron chi connectivity index (χ3n) is 7.90. The van der Waals surface area contributed by atoms with E-state index in [9.17, 15) is 48.3 Å². The van der Waals surface area contributed by atoms with E-state index in [1.165, 1.54) is 12.8 Å². The molecule has 0 aliphatic heterocycles. The fourth-order valence-electron chi connectivity index (χ4n) is 5.43. The molecule has 4 aromatic carbocycles. The summed E-state index contributed by atoms with van der Waals surface area (Å²) in [5, 5.41) is 0. The lowest BCUT2D eigenvalue weighted by atomic mass is 9.95. The Morgan fingerprint density at radius 3 is 1.25 bits per heavy atom. The molecule has 0 fully saturated rings. The third-order valence-corrected chi connectivity index (χ3v) is 7.90. The Kier molecular flexibility index (Phi) is 13.2. The molecule has 0 bridgehead atoms. The Morgan fingerprint density at radius 2 is 0.923 bits per heavy atom. The van der Waals surface area contributed by atoms with Crippen LogP contribution in [-0.2, 0) is 0 Å². The highest BCUT2D eigenvalue weighted by molar-refractivity contribution is 5.68. The minimum absolute atomic E-state index is 0.0640. The number of rotatable bonds is 13. The molecule has 4 rings (SSSR count). The zero-order valence-electron chi connectivity index (χ0n) is 27.6. The normalized spacial score (nSPS) is 11.7. The van der Waals surface area contributed by atoms with Gasteiger partial charge in [-0.1, -0.05) is 25.2 Å². The van der Waals surface area contributed by atoms with Crippen molar-refractivity contribution in [3.05, 3.63) is 106 Å². The molecule has 0 spiro atoms. The summed E-state index contributed by atoms with van der Waals surface area (Å²) in [5.41, 5.74) is -4.06. The molecule has 13 heteroatoms. The topological polar surface area (TPSA) is 18.5 Å². The van der Waals surface area contributed by atoms with E-state index in [2.05, 4.69) is 11.8 Å². The SMILES string of the molecule is CC#Cc1c(F)cc(-c2c(F)cc(OCCCC(CC)CCCOc3cc(F)c(-c4cc(F)c(C#CC(F)(F)F)c(F)c4)c(F)c3)cc2F)cc1F. The molecule has 0 aliphatic carbocycles. The number of benzene rings is 4. The van der Waals surface area contributed by atoms with Crippen molar-refractivity contribution < 1.29 is 57.8 Å². The summed E-state index contributed by atoms with van der Waals surface area (Å²) in [6.07, 6.45) is -1.94. The van der Waals surface area contributed by atoms with Crippen LogP contribution in [0.5, 0.6) is 11.5 Å². The molecule has 0 saturated heterocycles. The van der Waals surface area contributed by atoms with Gasteiger partial charge >= 0.3 is 6.18 Å². The molecule has 0 amide bonds. The van der Waals surface area contributed by atoms with Crippen molar-refractivity contribution in [2.24, 2.45) is 5.92 Å². The van der Waals surface area contributed by atoms with Gasteiger partial charge in [0.15, 0.2) is 0 Å². The highest BCUT2D eigenvalue weighted by Crippen LogP contribution is 2.34. The van der Waals surface area contributed by atoms with Crippen molar-refractivity contribution in [1.82, 2.24) is 0 Å². The molecule has 274 valence electrons. The first kappa shape index (κ1) is 39.6. The van der Waals surface area contributed by atoms with Crippen molar-refractivity contribution in [3.63, 3.8) is 0 Å². The number of alkyl halides is 3. The smallest absolute Gasteiger partial charge is 0.458 e. The van der Waals surface area contributed by atoms with Gasteiger partial charge in [-0.3, -0.25) is 0 Å². The summed E-state index contributed by atoms with van der Waals surface area (Å²) in [5.74, 6) is -3.18. The molecule has 4 aromatic rings. The zero-order chi connectivity index (χ0) is 38.2. The Hall–Kier alpha value is -5.17. The second-order valence-electron chi connectivity index (χ2n) is 11.5.